The number of amides is 1. The van der Waals surface area contributed by atoms with Crippen LogP contribution in [0, 0.1) is 5.92 Å². The summed E-state index contributed by atoms with van der Waals surface area (Å²) in [4.78, 5) is 26.1. The van der Waals surface area contributed by atoms with Gasteiger partial charge in [-0.25, -0.2) is 0 Å². The first-order chi connectivity index (χ1) is 10.0. The predicted octanol–water partition coefficient (Wildman–Crippen LogP) is 3.64. The topological polar surface area (TPSA) is 37.4 Å². The average molecular weight is 287 g/mol. The molecule has 0 aromatic heterocycles. The largest absolute Gasteiger partial charge is 0.339 e. The lowest BCUT2D eigenvalue weighted by molar-refractivity contribution is -0.123. The van der Waals surface area contributed by atoms with Gasteiger partial charge in [0.15, 0.2) is 0 Å². The number of hydrogen-bond donors (Lipinski definition) is 0. The molecule has 0 unspecified atom stereocenters. The van der Waals surface area contributed by atoms with Crippen molar-refractivity contribution in [2.75, 3.05) is 13.1 Å². The zero-order valence-corrected chi connectivity index (χ0v) is 13.3. The van der Waals surface area contributed by atoms with E-state index in [0.717, 1.165) is 18.4 Å². The van der Waals surface area contributed by atoms with Gasteiger partial charge in [-0.05, 0) is 36.5 Å². The first-order valence-electron chi connectivity index (χ1n) is 7.94. The Kier molecular flexibility index (Phi) is 5.16. The van der Waals surface area contributed by atoms with Crippen LogP contribution in [0.1, 0.15) is 61.9 Å². The molecule has 0 spiro atoms. The molecule has 0 saturated carbocycles. The third-order valence-electron chi connectivity index (χ3n) is 4.41. The van der Waals surface area contributed by atoms with Crippen LogP contribution < -0.4 is 0 Å². The molecule has 21 heavy (non-hydrogen) atoms. The van der Waals surface area contributed by atoms with E-state index >= 15 is 0 Å². The van der Waals surface area contributed by atoms with Gasteiger partial charge in [-0.2, -0.15) is 0 Å². The lowest BCUT2D eigenvalue weighted by Gasteiger charge is -2.31. The minimum Gasteiger partial charge on any atom is -0.339 e. The van der Waals surface area contributed by atoms with Crippen molar-refractivity contribution >= 4 is 11.7 Å². The number of nitrogens with zero attached hydrogens (tertiary/aromatic N) is 1. The third kappa shape index (κ3) is 3.72. The molecule has 3 heteroatoms. The van der Waals surface area contributed by atoms with Crippen LogP contribution >= 0.6 is 0 Å². The van der Waals surface area contributed by atoms with Gasteiger partial charge in [0, 0.05) is 31.0 Å². The molecule has 1 amide bonds. The van der Waals surface area contributed by atoms with Gasteiger partial charge in [0.25, 0.3) is 5.91 Å². The summed E-state index contributed by atoms with van der Waals surface area (Å²) in [6.07, 6.45) is 2.22. The van der Waals surface area contributed by atoms with E-state index in [0.29, 0.717) is 31.2 Å². The normalized spacial score (nSPS) is 16.3. The van der Waals surface area contributed by atoms with Crippen molar-refractivity contribution in [3.63, 3.8) is 0 Å². The van der Waals surface area contributed by atoms with Gasteiger partial charge in [0.05, 0.1) is 0 Å². The SMILES string of the molecule is CCC(=O)C1CCN(C(=O)c2ccc(C(C)C)cc2)CC1. The summed E-state index contributed by atoms with van der Waals surface area (Å²) < 4.78 is 0. The smallest absolute Gasteiger partial charge is 0.253 e. The fraction of sp³-hybridized carbons (Fsp3) is 0.556. The molecule has 1 aromatic rings. The van der Waals surface area contributed by atoms with E-state index in [9.17, 15) is 9.59 Å². The highest BCUT2D eigenvalue weighted by atomic mass is 16.2. The molecule has 1 fully saturated rings. The third-order valence-corrected chi connectivity index (χ3v) is 4.41. The zero-order chi connectivity index (χ0) is 15.4. The second kappa shape index (κ2) is 6.88. The van der Waals surface area contributed by atoms with Crippen LogP contribution in [0.5, 0.6) is 0 Å². The number of rotatable bonds is 4. The van der Waals surface area contributed by atoms with Gasteiger partial charge in [-0.15, -0.1) is 0 Å². The Bertz CT molecular complexity index is 496. The Morgan fingerprint density at radius 1 is 1.14 bits per heavy atom. The fourth-order valence-corrected chi connectivity index (χ4v) is 2.89. The van der Waals surface area contributed by atoms with Crippen LogP contribution in [0.25, 0.3) is 0 Å². The van der Waals surface area contributed by atoms with Crippen LogP contribution in [-0.2, 0) is 4.79 Å². The van der Waals surface area contributed by atoms with Gasteiger partial charge < -0.3 is 4.90 Å². The first-order valence-corrected chi connectivity index (χ1v) is 7.94. The first kappa shape index (κ1) is 15.7. The van der Waals surface area contributed by atoms with Crippen LogP contribution in [-0.4, -0.2) is 29.7 Å². The average Bonchev–Trinajstić information content (AvgIpc) is 2.53. The molecule has 1 aromatic carbocycles. The Morgan fingerprint density at radius 3 is 2.19 bits per heavy atom. The van der Waals surface area contributed by atoms with Crippen LogP contribution in [0.4, 0.5) is 0 Å². The summed E-state index contributed by atoms with van der Waals surface area (Å²) in [6.45, 7) is 7.59. The Hall–Kier alpha value is -1.64. The summed E-state index contributed by atoms with van der Waals surface area (Å²) in [5.41, 5.74) is 2.00. The van der Waals surface area contributed by atoms with Gasteiger partial charge in [0.2, 0.25) is 0 Å². The highest BCUT2D eigenvalue weighted by Gasteiger charge is 2.26. The molecule has 0 bridgehead atoms. The maximum atomic E-state index is 12.5. The van der Waals surface area contributed by atoms with Crippen molar-refractivity contribution in [1.29, 1.82) is 0 Å². The van der Waals surface area contributed by atoms with Crippen molar-refractivity contribution < 1.29 is 9.59 Å². The molecule has 1 heterocycles. The number of carbonyl (C=O) groups is 2. The van der Waals surface area contributed by atoms with Gasteiger partial charge >= 0.3 is 0 Å². The van der Waals surface area contributed by atoms with Gasteiger partial charge in [-0.1, -0.05) is 32.9 Å². The highest BCUT2D eigenvalue weighted by molar-refractivity contribution is 5.94. The summed E-state index contributed by atoms with van der Waals surface area (Å²) in [5.74, 6) is 1.06. The van der Waals surface area contributed by atoms with Crippen molar-refractivity contribution in [3.05, 3.63) is 35.4 Å². The van der Waals surface area contributed by atoms with Crippen molar-refractivity contribution in [2.45, 2.75) is 46.0 Å². The molecule has 0 radical (unpaired) electrons. The summed E-state index contributed by atoms with van der Waals surface area (Å²) >= 11 is 0. The molecule has 3 nitrogen and oxygen atoms in total. The van der Waals surface area contributed by atoms with E-state index in [-0.39, 0.29) is 11.8 Å². The molecular formula is C18H25NO2. The lowest BCUT2D eigenvalue weighted by Crippen LogP contribution is -2.40. The fourth-order valence-electron chi connectivity index (χ4n) is 2.89. The maximum Gasteiger partial charge on any atom is 0.253 e. The maximum absolute atomic E-state index is 12.5. The number of carbonyl (C=O) groups excluding carboxylic acids is 2. The molecule has 0 aliphatic carbocycles. The lowest BCUT2D eigenvalue weighted by atomic mass is 9.91. The highest BCUT2D eigenvalue weighted by Crippen LogP contribution is 2.22. The van der Waals surface area contributed by atoms with Crippen molar-refractivity contribution in [1.82, 2.24) is 4.90 Å². The monoisotopic (exact) mass is 287 g/mol. The van der Waals surface area contributed by atoms with Crippen molar-refractivity contribution in [3.8, 4) is 0 Å². The van der Waals surface area contributed by atoms with E-state index in [1.807, 2.05) is 36.1 Å². The van der Waals surface area contributed by atoms with Crippen LogP contribution in [0.2, 0.25) is 0 Å². The van der Waals surface area contributed by atoms with Gasteiger partial charge in [-0.3, -0.25) is 9.59 Å². The van der Waals surface area contributed by atoms with E-state index in [1.54, 1.807) is 0 Å². The van der Waals surface area contributed by atoms with Crippen molar-refractivity contribution in [2.24, 2.45) is 5.92 Å². The summed E-state index contributed by atoms with van der Waals surface area (Å²) in [5, 5.41) is 0. The molecule has 1 aliphatic rings. The molecule has 0 N–H and O–H groups in total. The minimum atomic E-state index is 0.0905. The minimum absolute atomic E-state index is 0.0905. The second-order valence-electron chi connectivity index (χ2n) is 6.16. The quantitative estimate of drug-likeness (QED) is 0.848. The molecule has 1 saturated heterocycles. The Balaban J connectivity index is 1.97. The molecular weight excluding hydrogens is 262 g/mol. The number of Topliss-reactive ketones (excluding diaryl/α,β-unsaturated/α-hetero) is 1. The number of likely N-dealkylation sites (tertiary alicyclic amines) is 1. The second-order valence-corrected chi connectivity index (χ2v) is 6.16. The van der Waals surface area contributed by atoms with E-state index in [2.05, 4.69) is 13.8 Å². The standard InChI is InChI=1S/C18H25NO2/c1-4-17(20)15-9-11-19(12-10-15)18(21)16-7-5-14(6-8-16)13(2)3/h5-8,13,15H,4,9-12H2,1-3H3. The van der Waals surface area contributed by atoms with E-state index in [4.69, 9.17) is 0 Å². The molecule has 0 atom stereocenters. The Labute approximate surface area is 127 Å². The van der Waals surface area contributed by atoms with Crippen LogP contribution in [0.15, 0.2) is 24.3 Å². The summed E-state index contributed by atoms with van der Waals surface area (Å²) in [6, 6.07) is 7.90. The molecule has 1 aliphatic heterocycles. The number of hydrogen-bond acceptors (Lipinski definition) is 2. The summed E-state index contributed by atoms with van der Waals surface area (Å²) in [7, 11) is 0. The van der Waals surface area contributed by atoms with Gasteiger partial charge in [0.1, 0.15) is 5.78 Å². The van der Waals surface area contributed by atoms with E-state index < -0.39 is 0 Å². The van der Waals surface area contributed by atoms with E-state index in [1.165, 1.54) is 5.56 Å². The number of ketones is 1. The molecule has 2 rings (SSSR count). The number of piperidine rings is 1. The predicted molar refractivity (Wildman–Crippen MR) is 84.5 cm³/mol. The van der Waals surface area contributed by atoms with Crippen LogP contribution in [0.3, 0.4) is 0 Å². The number of benzene rings is 1. The Morgan fingerprint density at radius 2 is 1.71 bits per heavy atom. The zero-order valence-electron chi connectivity index (χ0n) is 13.3. The molecule has 114 valence electrons.